The summed E-state index contributed by atoms with van der Waals surface area (Å²) in [7, 11) is 0. The molecule has 2 N–H and O–H groups in total. The van der Waals surface area contributed by atoms with Crippen molar-refractivity contribution in [1.29, 1.82) is 0 Å². The molecule has 0 aromatic carbocycles. The molecule has 2 amide bonds. The number of nitrogens with one attached hydrogen (secondary N) is 2. The third-order valence-electron chi connectivity index (χ3n) is 3.78. The minimum Gasteiger partial charge on any atom is -0.345 e. The second-order valence-electron chi connectivity index (χ2n) is 5.82. The van der Waals surface area contributed by atoms with E-state index < -0.39 is 6.04 Å². The van der Waals surface area contributed by atoms with Gasteiger partial charge in [0.25, 0.3) is 5.91 Å². The van der Waals surface area contributed by atoms with Gasteiger partial charge in [0.1, 0.15) is 11.0 Å². The minimum atomic E-state index is -0.577. The van der Waals surface area contributed by atoms with Crippen molar-refractivity contribution >= 4 is 34.5 Å². The molecule has 2 aromatic rings. The van der Waals surface area contributed by atoms with E-state index in [0.717, 1.165) is 23.5 Å². The Bertz CT molecular complexity index is 692. The van der Waals surface area contributed by atoms with Gasteiger partial charge in [0, 0.05) is 11.1 Å². The quantitative estimate of drug-likeness (QED) is 0.842. The lowest BCUT2D eigenvalue weighted by Crippen LogP contribution is -2.46. The fourth-order valence-corrected chi connectivity index (χ4v) is 3.91. The predicted molar refractivity (Wildman–Crippen MR) is 91.7 cm³/mol. The molecule has 0 saturated heterocycles. The molecule has 0 bridgehead atoms. The molecule has 2 aromatic heterocycles. The zero-order valence-corrected chi connectivity index (χ0v) is 14.7. The molecule has 7 heteroatoms. The van der Waals surface area contributed by atoms with Crippen LogP contribution < -0.4 is 10.6 Å². The standard InChI is InChI=1S/C16H19N3O2S2/c1-9-8-23-16(17-9)13(11-5-6-11)19-14(20)10(2)18-15(21)12-4-3-7-22-12/h3-4,7-8,10-11,13H,5-6H2,1-2H3,(H,18,21)(H,19,20)/t10-,13+/m0/s1. The normalized spacial score (nSPS) is 16.6. The lowest BCUT2D eigenvalue weighted by atomic mass is 10.1. The molecule has 0 aliphatic heterocycles. The van der Waals surface area contributed by atoms with Crippen molar-refractivity contribution in [3.05, 3.63) is 38.5 Å². The summed E-state index contributed by atoms with van der Waals surface area (Å²) in [5.74, 6) is 0.0834. The fourth-order valence-electron chi connectivity index (χ4n) is 2.35. The van der Waals surface area contributed by atoms with E-state index in [9.17, 15) is 9.59 Å². The summed E-state index contributed by atoms with van der Waals surface area (Å²) in [4.78, 5) is 29.6. The Morgan fingerprint density at radius 3 is 2.65 bits per heavy atom. The van der Waals surface area contributed by atoms with Gasteiger partial charge >= 0.3 is 0 Å². The molecule has 122 valence electrons. The average Bonchev–Trinajstić information content (AvgIpc) is 3.03. The van der Waals surface area contributed by atoms with Crippen LogP contribution in [0.2, 0.25) is 0 Å². The van der Waals surface area contributed by atoms with Gasteiger partial charge in [0.2, 0.25) is 5.91 Å². The highest BCUT2D eigenvalue weighted by Crippen LogP contribution is 2.41. The summed E-state index contributed by atoms with van der Waals surface area (Å²) in [5, 5.41) is 10.6. The first-order valence-corrected chi connectivity index (χ1v) is 9.37. The van der Waals surface area contributed by atoms with Crippen LogP contribution in [-0.4, -0.2) is 22.8 Å². The lowest BCUT2D eigenvalue weighted by Gasteiger charge is -2.19. The fraction of sp³-hybridized carbons (Fsp3) is 0.438. The van der Waals surface area contributed by atoms with Crippen molar-refractivity contribution in [3.8, 4) is 0 Å². The zero-order chi connectivity index (χ0) is 16.4. The number of thiazole rings is 1. The van der Waals surface area contributed by atoms with E-state index in [1.165, 1.54) is 11.3 Å². The van der Waals surface area contributed by atoms with Crippen molar-refractivity contribution in [2.75, 3.05) is 0 Å². The summed E-state index contributed by atoms with van der Waals surface area (Å²) in [6.07, 6.45) is 2.22. The lowest BCUT2D eigenvalue weighted by molar-refractivity contribution is -0.123. The van der Waals surface area contributed by atoms with Crippen LogP contribution in [0, 0.1) is 12.8 Å². The van der Waals surface area contributed by atoms with E-state index in [1.54, 1.807) is 24.3 Å². The predicted octanol–water partition coefficient (Wildman–Crippen LogP) is 2.90. The maximum Gasteiger partial charge on any atom is 0.261 e. The van der Waals surface area contributed by atoms with Crippen molar-refractivity contribution in [3.63, 3.8) is 0 Å². The molecule has 0 radical (unpaired) electrons. The van der Waals surface area contributed by atoms with Gasteiger partial charge in [-0.05, 0) is 44.1 Å². The van der Waals surface area contributed by atoms with Gasteiger partial charge < -0.3 is 10.6 Å². The summed E-state index contributed by atoms with van der Waals surface area (Å²) >= 11 is 2.94. The molecule has 2 heterocycles. The van der Waals surface area contributed by atoms with Gasteiger partial charge in [-0.15, -0.1) is 22.7 Å². The summed E-state index contributed by atoms with van der Waals surface area (Å²) in [6.45, 7) is 3.66. The maximum absolute atomic E-state index is 12.4. The Balaban J connectivity index is 1.61. The topological polar surface area (TPSA) is 71.1 Å². The molecular formula is C16H19N3O2S2. The van der Waals surface area contributed by atoms with Gasteiger partial charge in [-0.3, -0.25) is 9.59 Å². The molecule has 0 unspecified atom stereocenters. The van der Waals surface area contributed by atoms with Crippen LogP contribution in [0.3, 0.4) is 0 Å². The molecule has 5 nitrogen and oxygen atoms in total. The van der Waals surface area contributed by atoms with Crippen LogP contribution in [0.25, 0.3) is 0 Å². The van der Waals surface area contributed by atoms with Crippen LogP contribution >= 0.6 is 22.7 Å². The summed E-state index contributed by atoms with van der Waals surface area (Å²) < 4.78 is 0. The number of hydrogen-bond donors (Lipinski definition) is 2. The number of rotatable bonds is 6. The summed E-state index contributed by atoms with van der Waals surface area (Å²) in [5.41, 5.74) is 0.976. The number of carbonyl (C=O) groups excluding carboxylic acids is 2. The first kappa shape index (κ1) is 16.1. The number of aromatic nitrogens is 1. The first-order valence-electron chi connectivity index (χ1n) is 7.61. The molecule has 1 aliphatic rings. The molecule has 1 saturated carbocycles. The second-order valence-corrected chi connectivity index (χ2v) is 7.66. The molecule has 3 rings (SSSR count). The smallest absolute Gasteiger partial charge is 0.261 e. The van der Waals surface area contributed by atoms with E-state index in [0.29, 0.717) is 10.8 Å². The number of amides is 2. The Labute approximate surface area is 143 Å². The van der Waals surface area contributed by atoms with Gasteiger partial charge in [-0.25, -0.2) is 4.98 Å². The van der Waals surface area contributed by atoms with Crippen LogP contribution in [0.15, 0.2) is 22.9 Å². The average molecular weight is 349 g/mol. The van der Waals surface area contributed by atoms with Crippen LogP contribution in [0.5, 0.6) is 0 Å². The third kappa shape index (κ3) is 3.97. The van der Waals surface area contributed by atoms with Gasteiger partial charge in [-0.1, -0.05) is 6.07 Å². The Morgan fingerprint density at radius 1 is 1.30 bits per heavy atom. The first-order chi connectivity index (χ1) is 11.0. The number of carbonyl (C=O) groups is 2. The van der Waals surface area contributed by atoms with Gasteiger partial charge in [0.05, 0.1) is 10.9 Å². The Hall–Kier alpha value is -1.73. The van der Waals surface area contributed by atoms with E-state index in [-0.39, 0.29) is 17.9 Å². The van der Waals surface area contributed by atoms with Crippen molar-refractivity contribution in [2.24, 2.45) is 5.92 Å². The molecule has 1 aliphatic carbocycles. The monoisotopic (exact) mass is 349 g/mol. The van der Waals surface area contributed by atoms with E-state index in [2.05, 4.69) is 15.6 Å². The van der Waals surface area contributed by atoms with Crippen LogP contribution in [-0.2, 0) is 4.79 Å². The second kappa shape index (κ2) is 6.80. The number of nitrogens with zero attached hydrogens (tertiary/aromatic N) is 1. The largest absolute Gasteiger partial charge is 0.345 e. The van der Waals surface area contributed by atoms with Gasteiger partial charge in [-0.2, -0.15) is 0 Å². The highest BCUT2D eigenvalue weighted by molar-refractivity contribution is 7.12. The van der Waals surface area contributed by atoms with Crippen LogP contribution in [0.1, 0.15) is 46.2 Å². The molecule has 0 spiro atoms. The Morgan fingerprint density at radius 2 is 2.09 bits per heavy atom. The maximum atomic E-state index is 12.4. The van der Waals surface area contributed by atoms with Crippen molar-refractivity contribution in [2.45, 2.75) is 38.8 Å². The number of aryl methyl sites for hydroxylation is 1. The highest BCUT2D eigenvalue weighted by atomic mass is 32.1. The SMILES string of the molecule is Cc1csc([C@H](NC(=O)[C@H](C)NC(=O)c2cccs2)C2CC2)n1. The molecule has 1 fully saturated rings. The molecular weight excluding hydrogens is 330 g/mol. The van der Waals surface area contributed by atoms with Crippen molar-refractivity contribution in [1.82, 2.24) is 15.6 Å². The van der Waals surface area contributed by atoms with E-state index in [4.69, 9.17) is 0 Å². The van der Waals surface area contributed by atoms with Gasteiger partial charge in [0.15, 0.2) is 0 Å². The molecule has 23 heavy (non-hydrogen) atoms. The number of thiophene rings is 1. The third-order valence-corrected chi connectivity index (χ3v) is 5.69. The summed E-state index contributed by atoms with van der Waals surface area (Å²) in [6, 6.07) is 2.95. The molecule has 2 atom stereocenters. The Kier molecular flexibility index (Phi) is 4.77. The van der Waals surface area contributed by atoms with E-state index >= 15 is 0 Å². The zero-order valence-electron chi connectivity index (χ0n) is 13.0. The minimum absolute atomic E-state index is 0.0395. The number of hydrogen-bond acceptors (Lipinski definition) is 5. The van der Waals surface area contributed by atoms with E-state index in [1.807, 2.05) is 23.8 Å². The van der Waals surface area contributed by atoms with Crippen LogP contribution in [0.4, 0.5) is 0 Å². The highest BCUT2D eigenvalue weighted by Gasteiger charge is 2.36. The van der Waals surface area contributed by atoms with Crippen molar-refractivity contribution < 1.29 is 9.59 Å².